The van der Waals surface area contributed by atoms with Gasteiger partial charge in [0.15, 0.2) is 0 Å². The number of aromatic nitrogens is 3. The van der Waals surface area contributed by atoms with E-state index in [9.17, 15) is 13.2 Å². The molecule has 17 heavy (non-hydrogen) atoms. The van der Waals surface area contributed by atoms with E-state index in [0.29, 0.717) is 17.1 Å². The molecule has 0 atom stereocenters. The molecule has 1 saturated carbocycles. The van der Waals surface area contributed by atoms with Gasteiger partial charge in [0.25, 0.3) is 0 Å². The maximum Gasteiger partial charge on any atom is 0.433 e. The molecule has 1 aliphatic rings. The minimum atomic E-state index is -4.40. The average molecular weight is 241 g/mol. The number of fused-ring (bicyclic) bond motifs is 1. The lowest BCUT2D eigenvalue weighted by Crippen LogP contribution is -2.17. The van der Waals surface area contributed by atoms with Gasteiger partial charge in [-0.1, -0.05) is 0 Å². The Morgan fingerprint density at radius 2 is 1.94 bits per heavy atom. The van der Waals surface area contributed by atoms with Gasteiger partial charge >= 0.3 is 6.18 Å². The first kappa shape index (κ1) is 10.6. The van der Waals surface area contributed by atoms with E-state index in [1.54, 1.807) is 10.9 Å². The Hall–Kier alpha value is -1.59. The standard InChI is InChI=1S/C11H10F3N3/c12-11(13,14)10-5-4-8-9(15-10)6-17(16-8)7-2-1-3-7/h4-7H,1-3H2. The van der Waals surface area contributed by atoms with E-state index >= 15 is 0 Å². The molecular weight excluding hydrogens is 231 g/mol. The molecule has 90 valence electrons. The Labute approximate surface area is 95.3 Å². The number of hydrogen-bond donors (Lipinski definition) is 0. The third-order valence-electron chi connectivity index (χ3n) is 3.12. The van der Waals surface area contributed by atoms with Crippen molar-refractivity contribution < 1.29 is 13.2 Å². The zero-order chi connectivity index (χ0) is 12.0. The Kier molecular flexibility index (Phi) is 2.14. The number of alkyl halides is 3. The molecule has 1 fully saturated rings. The van der Waals surface area contributed by atoms with Crippen LogP contribution in [0.3, 0.4) is 0 Å². The summed E-state index contributed by atoms with van der Waals surface area (Å²) in [4.78, 5) is 3.60. The predicted molar refractivity (Wildman–Crippen MR) is 55.4 cm³/mol. The molecule has 0 amide bonds. The van der Waals surface area contributed by atoms with Gasteiger partial charge in [-0.05, 0) is 31.4 Å². The summed E-state index contributed by atoms with van der Waals surface area (Å²) in [6.07, 6.45) is 0.448. The first-order valence-corrected chi connectivity index (χ1v) is 5.47. The molecule has 1 aliphatic carbocycles. The molecule has 0 N–H and O–H groups in total. The van der Waals surface area contributed by atoms with Gasteiger partial charge < -0.3 is 0 Å². The van der Waals surface area contributed by atoms with Gasteiger partial charge in [0.2, 0.25) is 0 Å². The molecule has 2 aromatic rings. The fraction of sp³-hybridized carbons (Fsp3) is 0.455. The van der Waals surface area contributed by atoms with E-state index < -0.39 is 11.9 Å². The van der Waals surface area contributed by atoms with Crippen LogP contribution in [0.1, 0.15) is 31.0 Å². The monoisotopic (exact) mass is 241 g/mol. The van der Waals surface area contributed by atoms with Crippen molar-refractivity contribution in [2.24, 2.45) is 0 Å². The summed E-state index contributed by atoms with van der Waals surface area (Å²) in [5, 5.41) is 4.24. The number of nitrogens with zero attached hydrogens (tertiary/aromatic N) is 3. The van der Waals surface area contributed by atoms with Crippen LogP contribution in [0.5, 0.6) is 0 Å². The summed E-state index contributed by atoms with van der Waals surface area (Å²) in [5.41, 5.74) is -0.0326. The Bertz CT molecular complexity index is 555. The maximum absolute atomic E-state index is 12.5. The summed E-state index contributed by atoms with van der Waals surface area (Å²) in [7, 11) is 0. The summed E-state index contributed by atoms with van der Waals surface area (Å²) in [6, 6.07) is 2.68. The Balaban J connectivity index is 2.04. The molecule has 3 nitrogen and oxygen atoms in total. The van der Waals surface area contributed by atoms with Gasteiger partial charge in [-0.25, -0.2) is 4.98 Å². The zero-order valence-corrected chi connectivity index (χ0v) is 8.91. The fourth-order valence-corrected chi connectivity index (χ4v) is 1.92. The lowest BCUT2D eigenvalue weighted by atomic mass is 9.93. The topological polar surface area (TPSA) is 30.7 Å². The van der Waals surface area contributed by atoms with E-state index in [0.717, 1.165) is 25.3 Å². The summed E-state index contributed by atoms with van der Waals surface area (Å²) < 4.78 is 39.1. The van der Waals surface area contributed by atoms with Crippen LogP contribution < -0.4 is 0 Å². The molecule has 2 aromatic heterocycles. The van der Waals surface area contributed by atoms with E-state index in [4.69, 9.17) is 0 Å². The largest absolute Gasteiger partial charge is 0.433 e. The van der Waals surface area contributed by atoms with Crippen LogP contribution in [-0.2, 0) is 6.18 Å². The van der Waals surface area contributed by atoms with Crippen LogP contribution in [0.15, 0.2) is 18.3 Å². The minimum absolute atomic E-state index is 0.312. The summed E-state index contributed by atoms with van der Waals surface area (Å²) in [6.45, 7) is 0. The third kappa shape index (κ3) is 1.77. The number of pyridine rings is 1. The van der Waals surface area contributed by atoms with Gasteiger partial charge in [-0.15, -0.1) is 0 Å². The van der Waals surface area contributed by atoms with E-state index in [2.05, 4.69) is 10.1 Å². The second kappa shape index (κ2) is 3.45. The maximum atomic E-state index is 12.5. The smallest absolute Gasteiger partial charge is 0.267 e. The summed E-state index contributed by atoms with van der Waals surface area (Å²) >= 11 is 0. The molecule has 0 aliphatic heterocycles. The second-order valence-electron chi connectivity index (χ2n) is 4.29. The van der Waals surface area contributed by atoms with Crippen LogP contribution >= 0.6 is 0 Å². The molecular formula is C11H10F3N3. The molecule has 2 heterocycles. The summed E-state index contributed by atoms with van der Waals surface area (Å²) in [5.74, 6) is 0. The lowest BCUT2D eigenvalue weighted by Gasteiger charge is -2.25. The highest BCUT2D eigenvalue weighted by Crippen LogP contribution is 2.33. The molecule has 6 heteroatoms. The Morgan fingerprint density at radius 3 is 2.53 bits per heavy atom. The molecule has 0 radical (unpaired) electrons. The first-order chi connectivity index (χ1) is 8.04. The van der Waals surface area contributed by atoms with Crippen LogP contribution in [-0.4, -0.2) is 14.8 Å². The zero-order valence-electron chi connectivity index (χ0n) is 8.91. The molecule has 0 aromatic carbocycles. The normalized spacial score (nSPS) is 17.4. The predicted octanol–water partition coefficient (Wildman–Crippen LogP) is 3.18. The highest BCUT2D eigenvalue weighted by atomic mass is 19.4. The molecule has 3 rings (SSSR count). The van der Waals surface area contributed by atoms with E-state index in [1.807, 2.05) is 0 Å². The highest BCUT2D eigenvalue weighted by molar-refractivity contribution is 5.73. The van der Waals surface area contributed by atoms with Crippen molar-refractivity contribution in [1.29, 1.82) is 0 Å². The van der Waals surface area contributed by atoms with Gasteiger partial charge in [-0.2, -0.15) is 18.3 Å². The van der Waals surface area contributed by atoms with Crippen molar-refractivity contribution in [2.45, 2.75) is 31.5 Å². The number of hydrogen-bond acceptors (Lipinski definition) is 2. The molecule has 0 bridgehead atoms. The van der Waals surface area contributed by atoms with Crippen molar-refractivity contribution >= 4 is 11.0 Å². The minimum Gasteiger partial charge on any atom is -0.267 e. The van der Waals surface area contributed by atoms with Crippen molar-refractivity contribution in [3.8, 4) is 0 Å². The van der Waals surface area contributed by atoms with Gasteiger partial charge in [0, 0.05) is 0 Å². The highest BCUT2D eigenvalue weighted by Gasteiger charge is 2.32. The van der Waals surface area contributed by atoms with Crippen LogP contribution in [0, 0.1) is 0 Å². The van der Waals surface area contributed by atoms with Crippen molar-refractivity contribution in [3.63, 3.8) is 0 Å². The van der Waals surface area contributed by atoms with Gasteiger partial charge in [-0.3, -0.25) is 4.68 Å². The van der Waals surface area contributed by atoms with Gasteiger partial charge in [0.05, 0.1) is 12.2 Å². The molecule has 0 spiro atoms. The number of rotatable bonds is 1. The average Bonchev–Trinajstić information content (AvgIpc) is 2.54. The van der Waals surface area contributed by atoms with E-state index in [1.165, 1.54) is 6.07 Å². The van der Waals surface area contributed by atoms with Crippen LogP contribution in [0.2, 0.25) is 0 Å². The molecule has 0 unspecified atom stereocenters. The lowest BCUT2D eigenvalue weighted by molar-refractivity contribution is -0.140. The molecule has 0 saturated heterocycles. The van der Waals surface area contributed by atoms with Crippen molar-refractivity contribution in [3.05, 3.63) is 24.0 Å². The van der Waals surface area contributed by atoms with Gasteiger partial charge in [0.1, 0.15) is 16.7 Å². The third-order valence-corrected chi connectivity index (χ3v) is 3.12. The van der Waals surface area contributed by atoms with Crippen molar-refractivity contribution in [2.75, 3.05) is 0 Å². The van der Waals surface area contributed by atoms with Crippen LogP contribution in [0.4, 0.5) is 13.2 Å². The van der Waals surface area contributed by atoms with Crippen LogP contribution in [0.25, 0.3) is 11.0 Å². The quantitative estimate of drug-likeness (QED) is 0.767. The second-order valence-corrected chi connectivity index (χ2v) is 4.29. The Morgan fingerprint density at radius 1 is 1.18 bits per heavy atom. The first-order valence-electron chi connectivity index (χ1n) is 5.47. The fourth-order valence-electron chi connectivity index (χ4n) is 1.92. The van der Waals surface area contributed by atoms with E-state index in [-0.39, 0.29) is 0 Å². The number of halogens is 3. The van der Waals surface area contributed by atoms with Crippen molar-refractivity contribution in [1.82, 2.24) is 14.8 Å². The SMILES string of the molecule is FC(F)(F)c1ccc2nn(C3CCC3)cc2n1.